The highest BCUT2D eigenvalue weighted by Gasteiger charge is 2.17. The lowest BCUT2D eigenvalue weighted by Gasteiger charge is -2.23. The van der Waals surface area contributed by atoms with E-state index in [2.05, 4.69) is 34.1 Å². The molecule has 4 N–H and O–H groups in total. The Morgan fingerprint density at radius 2 is 2.21 bits per heavy atom. The minimum Gasteiger partial charge on any atom is -0.394 e. The number of hydrogen-bond acceptors (Lipinski definition) is 6. The molecule has 0 spiro atoms. The van der Waals surface area contributed by atoms with Crippen molar-refractivity contribution in [2.75, 3.05) is 17.7 Å². The molecule has 2 rings (SSSR count). The van der Waals surface area contributed by atoms with Crippen molar-refractivity contribution >= 4 is 22.8 Å². The molecule has 0 saturated heterocycles. The molecular weight excluding hydrogens is 242 g/mol. The van der Waals surface area contributed by atoms with Crippen molar-refractivity contribution in [2.24, 2.45) is 5.92 Å². The number of hydrogen-bond donors (Lipinski definition) is 3. The summed E-state index contributed by atoms with van der Waals surface area (Å²) in [5, 5.41) is 12.7. The summed E-state index contributed by atoms with van der Waals surface area (Å²) in [7, 11) is 0. The molecule has 0 radical (unpaired) electrons. The Hall–Kier alpha value is -1.95. The van der Waals surface area contributed by atoms with Crippen LogP contribution in [0.2, 0.25) is 0 Å². The minimum absolute atomic E-state index is 0.0350. The molecule has 6 nitrogen and oxygen atoms in total. The largest absolute Gasteiger partial charge is 0.394 e. The van der Waals surface area contributed by atoms with Gasteiger partial charge in [0.2, 0.25) is 5.95 Å². The summed E-state index contributed by atoms with van der Waals surface area (Å²) in [6.07, 6.45) is 2.65. The van der Waals surface area contributed by atoms with Crippen LogP contribution in [0, 0.1) is 5.92 Å². The van der Waals surface area contributed by atoms with Gasteiger partial charge in [-0.2, -0.15) is 4.98 Å². The zero-order chi connectivity index (χ0) is 13.8. The summed E-state index contributed by atoms with van der Waals surface area (Å²) in [6.45, 7) is 4.20. The molecule has 0 aliphatic rings. The molecule has 0 aliphatic carbocycles. The Balaban J connectivity index is 2.38. The van der Waals surface area contributed by atoms with Crippen LogP contribution < -0.4 is 11.1 Å². The van der Waals surface area contributed by atoms with E-state index in [9.17, 15) is 5.11 Å². The average Bonchev–Trinajstić information content (AvgIpc) is 2.43. The summed E-state index contributed by atoms with van der Waals surface area (Å²) in [5.74, 6) is 1.09. The van der Waals surface area contributed by atoms with Crippen LogP contribution in [0.25, 0.3) is 11.0 Å². The highest BCUT2D eigenvalue weighted by Crippen LogP contribution is 2.21. The predicted octanol–water partition coefficient (Wildman–Crippen LogP) is 1.43. The van der Waals surface area contributed by atoms with Gasteiger partial charge in [0.1, 0.15) is 5.52 Å². The van der Waals surface area contributed by atoms with Gasteiger partial charge in [-0.3, -0.25) is 4.98 Å². The lowest BCUT2D eigenvalue weighted by Crippen LogP contribution is -2.31. The third-order valence-electron chi connectivity index (χ3n) is 3.32. The lowest BCUT2D eigenvalue weighted by atomic mass is 10.00. The number of aliphatic hydroxyl groups is 1. The van der Waals surface area contributed by atoms with Crippen molar-refractivity contribution in [2.45, 2.75) is 26.3 Å². The van der Waals surface area contributed by atoms with Crippen molar-refractivity contribution in [3.05, 3.63) is 18.3 Å². The van der Waals surface area contributed by atoms with Crippen molar-refractivity contribution in [3.8, 4) is 0 Å². The Bertz CT molecular complexity index is 560. The lowest BCUT2D eigenvalue weighted by molar-refractivity contribution is 0.241. The first-order chi connectivity index (χ1) is 9.15. The second-order valence-electron chi connectivity index (χ2n) is 4.62. The first-order valence-electron chi connectivity index (χ1n) is 6.41. The number of fused-ring (bicyclic) bond motifs is 1. The van der Waals surface area contributed by atoms with Crippen LogP contribution in [-0.2, 0) is 0 Å². The Labute approximate surface area is 112 Å². The molecule has 2 atom stereocenters. The summed E-state index contributed by atoms with van der Waals surface area (Å²) in [6, 6.07) is 3.56. The van der Waals surface area contributed by atoms with Crippen LogP contribution in [0.15, 0.2) is 18.3 Å². The van der Waals surface area contributed by atoms with E-state index in [1.807, 2.05) is 6.07 Å². The molecule has 2 heterocycles. The van der Waals surface area contributed by atoms with Gasteiger partial charge in [-0.15, -0.1) is 0 Å². The number of anilines is 2. The normalized spacial score (nSPS) is 14.3. The molecule has 0 fully saturated rings. The van der Waals surface area contributed by atoms with Crippen molar-refractivity contribution < 1.29 is 5.11 Å². The second-order valence-corrected chi connectivity index (χ2v) is 4.62. The van der Waals surface area contributed by atoms with E-state index < -0.39 is 0 Å². The Kier molecular flexibility index (Phi) is 4.11. The minimum atomic E-state index is -0.0792. The molecule has 0 bridgehead atoms. The number of rotatable bonds is 5. The maximum atomic E-state index is 9.47. The van der Waals surface area contributed by atoms with E-state index in [1.54, 1.807) is 12.3 Å². The van der Waals surface area contributed by atoms with Gasteiger partial charge in [-0.05, 0) is 18.1 Å². The van der Waals surface area contributed by atoms with Gasteiger partial charge < -0.3 is 16.2 Å². The van der Waals surface area contributed by atoms with E-state index in [1.165, 1.54) is 0 Å². The fourth-order valence-corrected chi connectivity index (χ4v) is 1.91. The summed E-state index contributed by atoms with van der Waals surface area (Å²) >= 11 is 0. The smallest absolute Gasteiger partial charge is 0.222 e. The van der Waals surface area contributed by atoms with Gasteiger partial charge in [-0.1, -0.05) is 20.3 Å². The molecule has 0 saturated carbocycles. The van der Waals surface area contributed by atoms with E-state index in [0.29, 0.717) is 22.8 Å². The van der Waals surface area contributed by atoms with Crippen LogP contribution in [-0.4, -0.2) is 32.7 Å². The molecular formula is C13H19N5O. The van der Waals surface area contributed by atoms with Gasteiger partial charge in [0.05, 0.1) is 18.2 Å². The van der Waals surface area contributed by atoms with Crippen molar-refractivity contribution in [3.63, 3.8) is 0 Å². The molecule has 6 heteroatoms. The van der Waals surface area contributed by atoms with Crippen molar-refractivity contribution in [1.29, 1.82) is 0 Å². The van der Waals surface area contributed by atoms with Crippen LogP contribution in [0.5, 0.6) is 0 Å². The summed E-state index contributed by atoms with van der Waals surface area (Å²) < 4.78 is 0. The van der Waals surface area contributed by atoms with Gasteiger partial charge in [0.15, 0.2) is 5.82 Å². The molecule has 2 aromatic rings. The van der Waals surface area contributed by atoms with Gasteiger partial charge >= 0.3 is 0 Å². The van der Waals surface area contributed by atoms with Gasteiger partial charge in [0, 0.05) is 6.20 Å². The fourth-order valence-electron chi connectivity index (χ4n) is 1.91. The van der Waals surface area contributed by atoms with Crippen molar-refractivity contribution in [1.82, 2.24) is 15.0 Å². The molecule has 0 aliphatic heterocycles. The zero-order valence-electron chi connectivity index (χ0n) is 11.2. The SMILES string of the molecule is CC[C@H](C)[C@@H](CO)Nc1nc(N)nc2cccnc12. The number of nitrogen functional groups attached to an aromatic ring is 1. The number of nitrogens with one attached hydrogen (secondary N) is 1. The Morgan fingerprint density at radius 3 is 2.89 bits per heavy atom. The molecule has 0 amide bonds. The van der Waals surface area contributed by atoms with Crippen LogP contribution in [0.1, 0.15) is 20.3 Å². The summed E-state index contributed by atoms with van der Waals surface area (Å²) in [5.41, 5.74) is 7.06. The van der Waals surface area contributed by atoms with Crippen LogP contribution >= 0.6 is 0 Å². The zero-order valence-corrected chi connectivity index (χ0v) is 11.2. The Morgan fingerprint density at radius 1 is 1.42 bits per heavy atom. The van der Waals surface area contributed by atoms with E-state index in [0.717, 1.165) is 6.42 Å². The standard InChI is InChI=1S/C13H19N5O/c1-3-8(2)10(7-19)16-12-11-9(5-4-6-15-11)17-13(14)18-12/h4-6,8,10,19H,3,7H2,1-2H3,(H3,14,16,17,18)/t8-,10+/m0/s1. The quantitative estimate of drug-likeness (QED) is 0.753. The third kappa shape index (κ3) is 2.90. The number of nitrogens with two attached hydrogens (primary N) is 1. The van der Waals surface area contributed by atoms with Crippen LogP contribution in [0.4, 0.5) is 11.8 Å². The maximum absolute atomic E-state index is 9.47. The number of nitrogens with zero attached hydrogens (tertiary/aromatic N) is 3. The third-order valence-corrected chi connectivity index (χ3v) is 3.32. The number of aromatic nitrogens is 3. The predicted molar refractivity (Wildman–Crippen MR) is 75.7 cm³/mol. The van der Waals surface area contributed by atoms with E-state index in [4.69, 9.17) is 5.73 Å². The number of aliphatic hydroxyl groups excluding tert-OH is 1. The molecule has 19 heavy (non-hydrogen) atoms. The molecule has 102 valence electrons. The molecule has 0 unspecified atom stereocenters. The monoisotopic (exact) mass is 261 g/mol. The topological polar surface area (TPSA) is 97.0 Å². The molecule has 0 aromatic carbocycles. The first kappa shape index (κ1) is 13.5. The van der Waals surface area contributed by atoms with Gasteiger partial charge in [-0.25, -0.2) is 4.98 Å². The van der Waals surface area contributed by atoms with Crippen LogP contribution in [0.3, 0.4) is 0 Å². The summed E-state index contributed by atoms with van der Waals surface area (Å²) in [4.78, 5) is 12.6. The van der Waals surface area contributed by atoms with Gasteiger partial charge in [0.25, 0.3) is 0 Å². The van der Waals surface area contributed by atoms with E-state index >= 15 is 0 Å². The number of pyridine rings is 1. The average molecular weight is 261 g/mol. The highest BCUT2D eigenvalue weighted by atomic mass is 16.3. The maximum Gasteiger partial charge on any atom is 0.222 e. The fraction of sp³-hybridized carbons (Fsp3) is 0.462. The molecule has 2 aromatic heterocycles. The highest BCUT2D eigenvalue weighted by molar-refractivity contribution is 5.85. The first-order valence-corrected chi connectivity index (χ1v) is 6.41. The second kappa shape index (κ2) is 5.79. The van der Waals surface area contributed by atoms with E-state index in [-0.39, 0.29) is 18.6 Å².